The molecule has 0 aliphatic carbocycles. The van der Waals surface area contributed by atoms with E-state index in [1.54, 1.807) is 20.0 Å². The number of ether oxygens (including phenoxy) is 1. The van der Waals surface area contributed by atoms with Crippen molar-refractivity contribution < 1.29 is 14.6 Å². The molecule has 0 bridgehead atoms. The Bertz CT molecular complexity index is 691. The molecule has 1 saturated heterocycles. The standard InChI is InChI=1S/C16H19N3O3/c1-11-17-8-9-18(11)13-6-4-12(5-7-13)14-10-22-16(2,3)19(14)15(20)21/h4-9,14H,10H2,1-3H3,(H,20,21)/t14-/m0/s1. The van der Waals surface area contributed by atoms with E-state index < -0.39 is 11.8 Å². The molecule has 0 unspecified atom stereocenters. The van der Waals surface area contributed by atoms with Gasteiger partial charge in [0.1, 0.15) is 11.5 Å². The molecule has 0 radical (unpaired) electrons. The van der Waals surface area contributed by atoms with Crippen molar-refractivity contribution in [3.8, 4) is 5.69 Å². The highest BCUT2D eigenvalue weighted by Gasteiger charge is 2.44. The van der Waals surface area contributed by atoms with E-state index >= 15 is 0 Å². The topological polar surface area (TPSA) is 67.6 Å². The first-order valence-corrected chi connectivity index (χ1v) is 7.16. The van der Waals surface area contributed by atoms with Crippen molar-refractivity contribution in [3.05, 3.63) is 48.0 Å². The number of benzene rings is 1. The van der Waals surface area contributed by atoms with Crippen molar-refractivity contribution in [2.24, 2.45) is 0 Å². The van der Waals surface area contributed by atoms with Gasteiger partial charge in [-0.3, -0.25) is 4.90 Å². The molecule has 22 heavy (non-hydrogen) atoms. The largest absolute Gasteiger partial charge is 0.465 e. The SMILES string of the molecule is Cc1nccn1-c1ccc([C@@H]2COC(C)(C)N2C(=O)O)cc1. The van der Waals surface area contributed by atoms with Crippen molar-refractivity contribution in [3.63, 3.8) is 0 Å². The highest BCUT2D eigenvalue weighted by molar-refractivity contribution is 5.67. The van der Waals surface area contributed by atoms with E-state index in [1.807, 2.05) is 42.0 Å². The van der Waals surface area contributed by atoms with E-state index in [9.17, 15) is 9.90 Å². The number of hydrogen-bond acceptors (Lipinski definition) is 3. The van der Waals surface area contributed by atoms with E-state index in [-0.39, 0.29) is 6.04 Å². The van der Waals surface area contributed by atoms with Gasteiger partial charge in [0.2, 0.25) is 0 Å². The summed E-state index contributed by atoms with van der Waals surface area (Å²) in [4.78, 5) is 17.1. The Morgan fingerprint density at radius 1 is 1.36 bits per heavy atom. The van der Waals surface area contributed by atoms with Crippen LogP contribution in [0, 0.1) is 6.92 Å². The highest BCUT2D eigenvalue weighted by atomic mass is 16.5. The number of hydrogen-bond donors (Lipinski definition) is 1. The molecule has 0 spiro atoms. The van der Waals surface area contributed by atoms with Crippen molar-refractivity contribution in [1.82, 2.24) is 14.5 Å². The van der Waals surface area contributed by atoms with Gasteiger partial charge in [-0.25, -0.2) is 9.78 Å². The zero-order chi connectivity index (χ0) is 15.9. The van der Waals surface area contributed by atoms with Gasteiger partial charge in [0.05, 0.1) is 12.6 Å². The van der Waals surface area contributed by atoms with Crippen LogP contribution >= 0.6 is 0 Å². The summed E-state index contributed by atoms with van der Waals surface area (Å²) in [5, 5.41) is 9.46. The number of amides is 1. The number of aromatic nitrogens is 2. The fraction of sp³-hybridized carbons (Fsp3) is 0.375. The maximum atomic E-state index is 11.5. The first-order chi connectivity index (χ1) is 10.4. The van der Waals surface area contributed by atoms with Crippen molar-refractivity contribution in [2.75, 3.05) is 6.61 Å². The molecule has 6 heteroatoms. The van der Waals surface area contributed by atoms with Gasteiger partial charge < -0.3 is 14.4 Å². The lowest BCUT2D eigenvalue weighted by Crippen LogP contribution is -2.43. The third-order valence-electron chi connectivity index (χ3n) is 4.07. The Labute approximate surface area is 129 Å². The summed E-state index contributed by atoms with van der Waals surface area (Å²) in [6.45, 7) is 5.84. The van der Waals surface area contributed by atoms with Gasteiger partial charge in [-0.1, -0.05) is 12.1 Å². The Balaban J connectivity index is 1.90. The van der Waals surface area contributed by atoms with Crippen LogP contribution in [0.1, 0.15) is 31.3 Å². The second kappa shape index (κ2) is 5.14. The van der Waals surface area contributed by atoms with E-state index in [1.165, 1.54) is 4.90 Å². The predicted octanol–water partition coefficient (Wildman–Crippen LogP) is 2.97. The zero-order valence-electron chi connectivity index (χ0n) is 12.9. The van der Waals surface area contributed by atoms with Crippen molar-refractivity contribution in [2.45, 2.75) is 32.5 Å². The summed E-state index contributed by atoms with van der Waals surface area (Å²) in [6, 6.07) is 7.54. The Morgan fingerprint density at radius 3 is 2.59 bits per heavy atom. The minimum Gasteiger partial charge on any atom is -0.465 e. The van der Waals surface area contributed by atoms with Gasteiger partial charge >= 0.3 is 6.09 Å². The molecule has 2 heterocycles. The van der Waals surface area contributed by atoms with Gasteiger partial charge in [0, 0.05) is 18.1 Å². The molecule has 2 aromatic rings. The number of aryl methyl sites for hydroxylation is 1. The Morgan fingerprint density at radius 2 is 2.05 bits per heavy atom. The molecule has 1 aromatic heterocycles. The molecule has 1 aromatic carbocycles. The van der Waals surface area contributed by atoms with Crippen LogP contribution in [-0.2, 0) is 4.74 Å². The Kier molecular flexibility index (Phi) is 3.41. The maximum absolute atomic E-state index is 11.5. The van der Waals surface area contributed by atoms with Crippen LogP contribution in [0.25, 0.3) is 5.69 Å². The molecule has 1 aliphatic rings. The number of carbonyl (C=O) groups is 1. The summed E-state index contributed by atoms with van der Waals surface area (Å²) in [5.41, 5.74) is 1.11. The smallest absolute Gasteiger partial charge is 0.410 e. The van der Waals surface area contributed by atoms with Crippen LogP contribution in [0.3, 0.4) is 0 Å². The summed E-state index contributed by atoms with van der Waals surface area (Å²) in [7, 11) is 0. The van der Waals surface area contributed by atoms with Crippen LogP contribution in [0.4, 0.5) is 4.79 Å². The predicted molar refractivity (Wildman–Crippen MR) is 80.9 cm³/mol. The summed E-state index contributed by atoms with van der Waals surface area (Å²) < 4.78 is 7.61. The summed E-state index contributed by atoms with van der Waals surface area (Å²) >= 11 is 0. The molecular weight excluding hydrogens is 282 g/mol. The molecular formula is C16H19N3O3. The molecule has 6 nitrogen and oxygen atoms in total. The monoisotopic (exact) mass is 301 g/mol. The third kappa shape index (κ3) is 2.35. The minimum absolute atomic E-state index is 0.287. The third-order valence-corrected chi connectivity index (χ3v) is 4.07. The number of imidazole rings is 1. The zero-order valence-corrected chi connectivity index (χ0v) is 12.9. The fourth-order valence-electron chi connectivity index (χ4n) is 2.92. The van der Waals surface area contributed by atoms with Crippen LogP contribution in [0.2, 0.25) is 0 Å². The van der Waals surface area contributed by atoms with Gasteiger partial charge in [-0.15, -0.1) is 0 Å². The lowest BCUT2D eigenvalue weighted by molar-refractivity contribution is -0.0420. The molecule has 1 amide bonds. The fourth-order valence-corrected chi connectivity index (χ4v) is 2.92. The average Bonchev–Trinajstić information content (AvgIpc) is 3.02. The molecule has 1 fully saturated rings. The molecule has 116 valence electrons. The summed E-state index contributed by atoms with van der Waals surface area (Å²) in [6.07, 6.45) is 2.68. The highest BCUT2D eigenvalue weighted by Crippen LogP contribution is 2.36. The minimum atomic E-state index is -0.970. The van der Waals surface area contributed by atoms with Crippen LogP contribution in [0.15, 0.2) is 36.7 Å². The average molecular weight is 301 g/mol. The first kappa shape index (κ1) is 14.6. The van der Waals surface area contributed by atoms with Crippen LogP contribution < -0.4 is 0 Å². The number of carboxylic acid groups (broad SMARTS) is 1. The molecule has 1 N–H and O–H groups in total. The number of rotatable bonds is 2. The maximum Gasteiger partial charge on any atom is 0.410 e. The first-order valence-electron chi connectivity index (χ1n) is 7.16. The summed E-state index contributed by atoms with van der Waals surface area (Å²) in [5.74, 6) is 0.908. The van der Waals surface area contributed by atoms with Crippen LogP contribution in [-0.4, -0.2) is 38.0 Å². The Hall–Kier alpha value is -2.34. The van der Waals surface area contributed by atoms with Crippen molar-refractivity contribution >= 4 is 6.09 Å². The van der Waals surface area contributed by atoms with Crippen molar-refractivity contribution in [1.29, 1.82) is 0 Å². The van der Waals surface area contributed by atoms with E-state index in [0.29, 0.717) is 6.61 Å². The molecule has 3 rings (SSSR count). The second-order valence-corrected chi connectivity index (χ2v) is 5.86. The van der Waals surface area contributed by atoms with E-state index in [0.717, 1.165) is 17.1 Å². The molecule has 0 saturated carbocycles. The number of nitrogens with zero attached hydrogens (tertiary/aromatic N) is 3. The quantitative estimate of drug-likeness (QED) is 0.926. The van der Waals surface area contributed by atoms with E-state index in [2.05, 4.69) is 4.98 Å². The lowest BCUT2D eigenvalue weighted by Gasteiger charge is -2.31. The lowest BCUT2D eigenvalue weighted by atomic mass is 10.1. The van der Waals surface area contributed by atoms with E-state index in [4.69, 9.17) is 4.74 Å². The van der Waals surface area contributed by atoms with Gasteiger partial charge in [0.15, 0.2) is 0 Å². The van der Waals surface area contributed by atoms with Crippen LogP contribution in [0.5, 0.6) is 0 Å². The normalized spacial score (nSPS) is 20.3. The second-order valence-electron chi connectivity index (χ2n) is 5.86. The van der Waals surface area contributed by atoms with Gasteiger partial charge in [-0.2, -0.15) is 0 Å². The molecule has 1 aliphatic heterocycles. The van der Waals surface area contributed by atoms with Gasteiger partial charge in [0.25, 0.3) is 0 Å². The molecule has 1 atom stereocenters. The van der Waals surface area contributed by atoms with Gasteiger partial charge in [-0.05, 0) is 38.5 Å².